The minimum absolute atomic E-state index is 0.0177. The SMILES string of the molecule is NC(CC(=O)O)C(=O)NCC(=O)NC(Cc1ccccc1)C(=O)NC(CCC(=O)O)C(=O)O. The lowest BCUT2D eigenvalue weighted by Crippen LogP contribution is -2.54. The monoisotopic (exact) mass is 466 g/mol. The summed E-state index contributed by atoms with van der Waals surface area (Å²) in [5.74, 6) is -6.51. The van der Waals surface area contributed by atoms with Crippen LogP contribution in [0.15, 0.2) is 30.3 Å². The van der Waals surface area contributed by atoms with E-state index in [0.29, 0.717) is 5.56 Å². The Morgan fingerprint density at radius 3 is 2.03 bits per heavy atom. The first-order valence-electron chi connectivity index (χ1n) is 9.83. The average molecular weight is 466 g/mol. The number of nitrogens with one attached hydrogen (secondary N) is 3. The van der Waals surface area contributed by atoms with Crippen molar-refractivity contribution in [3.8, 4) is 0 Å². The van der Waals surface area contributed by atoms with Crippen molar-refractivity contribution >= 4 is 35.6 Å². The fourth-order valence-corrected chi connectivity index (χ4v) is 2.68. The van der Waals surface area contributed by atoms with Gasteiger partial charge in [0.15, 0.2) is 0 Å². The molecule has 3 atom stereocenters. The normalized spacial score (nSPS) is 13.1. The Morgan fingerprint density at radius 1 is 0.848 bits per heavy atom. The molecular weight excluding hydrogens is 440 g/mol. The molecule has 3 unspecified atom stereocenters. The number of rotatable bonds is 14. The largest absolute Gasteiger partial charge is 0.481 e. The van der Waals surface area contributed by atoms with Crippen molar-refractivity contribution in [1.29, 1.82) is 0 Å². The van der Waals surface area contributed by atoms with Crippen LogP contribution in [-0.2, 0) is 35.2 Å². The number of carboxylic acids is 3. The number of amides is 3. The van der Waals surface area contributed by atoms with Crippen LogP contribution in [0.2, 0.25) is 0 Å². The topological polar surface area (TPSA) is 225 Å². The summed E-state index contributed by atoms with van der Waals surface area (Å²) >= 11 is 0. The quantitative estimate of drug-likeness (QED) is 0.161. The lowest BCUT2D eigenvalue weighted by atomic mass is 10.0. The van der Waals surface area contributed by atoms with Crippen LogP contribution >= 0.6 is 0 Å². The molecule has 1 aromatic rings. The number of hydrogen-bond acceptors (Lipinski definition) is 7. The first kappa shape index (κ1) is 27.0. The van der Waals surface area contributed by atoms with Crippen molar-refractivity contribution in [2.75, 3.05) is 6.54 Å². The highest BCUT2D eigenvalue weighted by molar-refractivity contribution is 5.93. The van der Waals surface area contributed by atoms with Gasteiger partial charge in [-0.1, -0.05) is 30.3 Å². The van der Waals surface area contributed by atoms with Gasteiger partial charge in [-0.15, -0.1) is 0 Å². The standard InChI is InChI=1S/C20H26N4O9/c21-12(9-17(28)29)18(30)22-10-15(25)23-14(8-11-4-2-1-3-5-11)19(31)24-13(20(32)33)6-7-16(26)27/h1-5,12-14H,6-10,21H2,(H,22,30)(H,23,25)(H,24,31)(H,26,27)(H,28,29)(H,32,33). The second kappa shape index (κ2) is 13.4. The van der Waals surface area contributed by atoms with Crippen molar-refractivity contribution in [3.63, 3.8) is 0 Å². The molecule has 33 heavy (non-hydrogen) atoms. The van der Waals surface area contributed by atoms with Crippen LogP contribution in [0.25, 0.3) is 0 Å². The molecule has 1 rings (SSSR count). The van der Waals surface area contributed by atoms with Gasteiger partial charge in [-0.05, 0) is 12.0 Å². The average Bonchev–Trinajstić information content (AvgIpc) is 2.74. The number of hydrogen-bond donors (Lipinski definition) is 7. The van der Waals surface area contributed by atoms with E-state index in [-0.39, 0.29) is 12.8 Å². The van der Waals surface area contributed by atoms with Crippen LogP contribution in [0.3, 0.4) is 0 Å². The van der Waals surface area contributed by atoms with Gasteiger partial charge in [0.25, 0.3) is 0 Å². The molecule has 0 fully saturated rings. The minimum atomic E-state index is -1.49. The zero-order valence-electron chi connectivity index (χ0n) is 17.5. The Balaban J connectivity index is 2.84. The first-order chi connectivity index (χ1) is 15.5. The number of carbonyl (C=O) groups is 6. The zero-order chi connectivity index (χ0) is 25.0. The van der Waals surface area contributed by atoms with Crippen LogP contribution in [0, 0.1) is 0 Å². The molecule has 1 aromatic carbocycles. The molecule has 8 N–H and O–H groups in total. The molecule has 3 amide bonds. The van der Waals surface area contributed by atoms with E-state index < -0.39 is 73.1 Å². The molecule has 180 valence electrons. The molecule has 0 saturated heterocycles. The molecule has 0 aromatic heterocycles. The van der Waals surface area contributed by atoms with Crippen molar-refractivity contribution in [3.05, 3.63) is 35.9 Å². The molecule has 0 spiro atoms. The summed E-state index contributed by atoms with van der Waals surface area (Å²) in [7, 11) is 0. The molecule has 13 nitrogen and oxygen atoms in total. The third kappa shape index (κ3) is 10.7. The van der Waals surface area contributed by atoms with Crippen molar-refractivity contribution in [2.24, 2.45) is 5.73 Å². The lowest BCUT2D eigenvalue weighted by molar-refractivity contribution is -0.143. The predicted octanol–water partition coefficient (Wildman–Crippen LogP) is -1.93. The molecule has 0 heterocycles. The smallest absolute Gasteiger partial charge is 0.326 e. The molecule has 0 saturated carbocycles. The number of benzene rings is 1. The molecule has 0 aliphatic carbocycles. The van der Waals surface area contributed by atoms with E-state index in [4.69, 9.17) is 15.9 Å². The molecule has 0 radical (unpaired) electrons. The maximum Gasteiger partial charge on any atom is 0.326 e. The van der Waals surface area contributed by atoms with Gasteiger partial charge >= 0.3 is 17.9 Å². The van der Waals surface area contributed by atoms with E-state index in [0.717, 1.165) is 0 Å². The van der Waals surface area contributed by atoms with E-state index in [1.54, 1.807) is 30.3 Å². The molecule has 0 aliphatic heterocycles. The molecular formula is C20H26N4O9. The van der Waals surface area contributed by atoms with E-state index in [2.05, 4.69) is 16.0 Å². The summed E-state index contributed by atoms with van der Waals surface area (Å²) in [5, 5.41) is 33.4. The second-order valence-electron chi connectivity index (χ2n) is 7.06. The Kier molecular flexibility index (Phi) is 11.0. The van der Waals surface area contributed by atoms with Crippen LogP contribution in [-0.4, -0.2) is 75.6 Å². The fraction of sp³-hybridized carbons (Fsp3) is 0.400. The van der Waals surface area contributed by atoms with Gasteiger partial charge in [0.1, 0.15) is 12.1 Å². The van der Waals surface area contributed by atoms with E-state index >= 15 is 0 Å². The number of nitrogens with two attached hydrogens (primary N) is 1. The highest BCUT2D eigenvalue weighted by atomic mass is 16.4. The highest BCUT2D eigenvalue weighted by Crippen LogP contribution is 2.05. The molecule has 13 heteroatoms. The number of carboxylic acid groups (broad SMARTS) is 3. The third-order valence-corrected chi connectivity index (χ3v) is 4.35. The van der Waals surface area contributed by atoms with Gasteiger partial charge in [-0.2, -0.15) is 0 Å². The van der Waals surface area contributed by atoms with Crippen LogP contribution < -0.4 is 21.7 Å². The Hall–Kier alpha value is -4.00. The van der Waals surface area contributed by atoms with E-state index in [1.807, 2.05) is 0 Å². The van der Waals surface area contributed by atoms with Crippen LogP contribution in [0.1, 0.15) is 24.8 Å². The van der Waals surface area contributed by atoms with Gasteiger partial charge < -0.3 is 37.0 Å². The minimum Gasteiger partial charge on any atom is -0.481 e. The molecule has 0 bridgehead atoms. The lowest BCUT2D eigenvalue weighted by Gasteiger charge is -2.22. The summed E-state index contributed by atoms with van der Waals surface area (Å²) in [6.45, 7) is -0.605. The summed E-state index contributed by atoms with van der Waals surface area (Å²) < 4.78 is 0. The van der Waals surface area contributed by atoms with Crippen LogP contribution in [0.4, 0.5) is 0 Å². The van der Waals surface area contributed by atoms with Crippen molar-refractivity contribution < 1.29 is 44.1 Å². The van der Waals surface area contributed by atoms with Gasteiger partial charge in [0, 0.05) is 12.8 Å². The van der Waals surface area contributed by atoms with E-state index in [1.165, 1.54) is 0 Å². The van der Waals surface area contributed by atoms with Crippen molar-refractivity contribution in [1.82, 2.24) is 16.0 Å². The van der Waals surface area contributed by atoms with Gasteiger partial charge in [-0.25, -0.2) is 4.79 Å². The Bertz CT molecular complexity index is 876. The summed E-state index contributed by atoms with van der Waals surface area (Å²) in [6, 6.07) is 4.39. The second-order valence-corrected chi connectivity index (χ2v) is 7.06. The van der Waals surface area contributed by atoms with E-state index in [9.17, 15) is 33.9 Å². The van der Waals surface area contributed by atoms with Crippen molar-refractivity contribution in [2.45, 2.75) is 43.8 Å². The fourth-order valence-electron chi connectivity index (χ4n) is 2.68. The highest BCUT2D eigenvalue weighted by Gasteiger charge is 2.27. The summed E-state index contributed by atoms with van der Waals surface area (Å²) in [6.07, 6.45) is -1.51. The zero-order valence-corrected chi connectivity index (χ0v) is 17.5. The Labute approximate surface area is 188 Å². The molecule has 0 aliphatic rings. The summed E-state index contributed by atoms with van der Waals surface area (Å²) in [5.41, 5.74) is 6.04. The maximum absolute atomic E-state index is 12.7. The van der Waals surface area contributed by atoms with Gasteiger partial charge in [0.05, 0.1) is 19.0 Å². The predicted molar refractivity (Wildman–Crippen MR) is 112 cm³/mol. The number of aliphatic carboxylic acids is 3. The summed E-state index contributed by atoms with van der Waals surface area (Å²) in [4.78, 5) is 69.5. The van der Waals surface area contributed by atoms with Gasteiger partial charge in [-0.3, -0.25) is 24.0 Å². The van der Waals surface area contributed by atoms with Gasteiger partial charge in [0.2, 0.25) is 17.7 Å². The Morgan fingerprint density at radius 2 is 1.48 bits per heavy atom. The maximum atomic E-state index is 12.7. The number of carbonyl (C=O) groups excluding carboxylic acids is 3. The van der Waals surface area contributed by atoms with Crippen LogP contribution in [0.5, 0.6) is 0 Å². The first-order valence-corrected chi connectivity index (χ1v) is 9.83. The third-order valence-electron chi connectivity index (χ3n) is 4.35.